The molecule has 0 spiro atoms. The number of ether oxygens (including phenoxy) is 10. The van der Waals surface area contributed by atoms with Gasteiger partial charge in [-0.3, -0.25) is 0 Å². The quantitative estimate of drug-likeness (QED) is 0.553. The van der Waals surface area contributed by atoms with Gasteiger partial charge in [-0.25, -0.2) is 0 Å². The van der Waals surface area contributed by atoms with Gasteiger partial charge in [0.2, 0.25) is 5.75 Å². The molecule has 218 valence electrons. The number of para-hydroxylation sites is 1. The summed E-state index contributed by atoms with van der Waals surface area (Å²) in [6.07, 6.45) is -0.210. The molecule has 0 aliphatic carbocycles. The van der Waals surface area contributed by atoms with Crippen molar-refractivity contribution in [2.24, 2.45) is 0 Å². The van der Waals surface area contributed by atoms with Crippen molar-refractivity contribution in [2.75, 3.05) is 99.6 Å². The summed E-state index contributed by atoms with van der Waals surface area (Å²) in [4.78, 5) is 0. The van der Waals surface area contributed by atoms with Crippen LogP contribution in [0.15, 0.2) is 48.5 Å². The summed E-state index contributed by atoms with van der Waals surface area (Å²) in [5.74, 6) is 1.73. The topological polar surface area (TPSA) is 92.3 Å². The number of fused-ring (bicyclic) bond motifs is 2. The van der Waals surface area contributed by atoms with Crippen molar-refractivity contribution in [3.8, 4) is 17.2 Å². The van der Waals surface area contributed by atoms with Crippen LogP contribution < -0.4 is 14.2 Å². The summed E-state index contributed by atoms with van der Waals surface area (Å²) < 4.78 is 57.2. The second-order valence-corrected chi connectivity index (χ2v) is 8.50. The number of rotatable bonds is 5. The third-order valence-electron chi connectivity index (χ3n) is 5.53. The lowest BCUT2D eigenvalue weighted by atomic mass is 10.2. The second kappa shape index (κ2) is 20.5. The van der Waals surface area contributed by atoms with E-state index in [4.69, 9.17) is 47.4 Å². The fraction of sp³-hybridized carbons (Fsp3) is 0.586. The maximum atomic E-state index is 5.95. The smallest absolute Gasteiger partial charge is 0.203 e. The van der Waals surface area contributed by atoms with Crippen LogP contribution in [0, 0.1) is 0 Å². The second-order valence-electron chi connectivity index (χ2n) is 8.50. The van der Waals surface area contributed by atoms with Crippen LogP contribution in [0.25, 0.3) is 0 Å². The maximum absolute atomic E-state index is 5.95. The van der Waals surface area contributed by atoms with E-state index in [1.54, 1.807) is 7.11 Å². The fourth-order valence-electron chi connectivity index (χ4n) is 3.62. The summed E-state index contributed by atoms with van der Waals surface area (Å²) >= 11 is 0. The van der Waals surface area contributed by atoms with Gasteiger partial charge in [-0.2, -0.15) is 0 Å². The zero-order chi connectivity index (χ0) is 27.2. The summed E-state index contributed by atoms with van der Waals surface area (Å²) in [7, 11) is 1.58. The molecule has 10 heteroatoms. The van der Waals surface area contributed by atoms with Gasteiger partial charge in [-0.05, 0) is 17.7 Å². The SMILES string of the molecule is COc1c2cccc1OCCOCCOCCOC(COCc1ccccc1)COCCOCCOCCO2. The largest absolute Gasteiger partial charge is 0.490 e. The Morgan fingerprint density at radius 3 is 1.74 bits per heavy atom. The fourth-order valence-corrected chi connectivity index (χ4v) is 3.62. The molecular weight excluding hydrogens is 508 g/mol. The Bertz CT molecular complexity index is 866. The first-order valence-electron chi connectivity index (χ1n) is 13.4. The standard InChI is InChI=1S/C29H42O10/c1-30-29-27-8-5-9-28(29)39-21-18-34-13-12-32-16-19-37-26(24-36-22-25-6-3-2-4-7-25)23-35-15-14-31-10-11-33-17-20-38-27/h2-9,26H,10-24H2,1H3. The van der Waals surface area contributed by atoms with E-state index in [-0.39, 0.29) is 6.10 Å². The van der Waals surface area contributed by atoms with Crippen LogP contribution in [0.1, 0.15) is 5.56 Å². The van der Waals surface area contributed by atoms with Gasteiger partial charge in [0.05, 0.1) is 93.0 Å². The molecule has 1 aliphatic rings. The molecule has 1 unspecified atom stereocenters. The minimum Gasteiger partial charge on any atom is -0.490 e. The Hall–Kier alpha value is -2.44. The number of methoxy groups -OCH3 is 1. The van der Waals surface area contributed by atoms with Crippen LogP contribution in [0.5, 0.6) is 17.2 Å². The van der Waals surface area contributed by atoms with Gasteiger partial charge in [-0.15, -0.1) is 0 Å². The van der Waals surface area contributed by atoms with Gasteiger partial charge in [0, 0.05) is 0 Å². The molecule has 0 fully saturated rings. The molecule has 0 saturated carbocycles. The first-order chi connectivity index (χ1) is 19.4. The molecule has 0 radical (unpaired) electrons. The lowest BCUT2D eigenvalue weighted by Gasteiger charge is -2.18. The Labute approximate surface area is 231 Å². The van der Waals surface area contributed by atoms with E-state index in [9.17, 15) is 0 Å². The highest BCUT2D eigenvalue weighted by Gasteiger charge is 2.12. The van der Waals surface area contributed by atoms with Gasteiger partial charge in [0.15, 0.2) is 11.5 Å². The molecule has 0 saturated heterocycles. The van der Waals surface area contributed by atoms with Crippen LogP contribution in [-0.4, -0.2) is 106 Å². The van der Waals surface area contributed by atoms with E-state index in [2.05, 4.69) is 0 Å². The number of hydrogen-bond acceptors (Lipinski definition) is 10. The highest BCUT2D eigenvalue weighted by molar-refractivity contribution is 5.51. The lowest BCUT2D eigenvalue weighted by molar-refractivity contribution is -0.0842. The van der Waals surface area contributed by atoms with E-state index >= 15 is 0 Å². The third-order valence-corrected chi connectivity index (χ3v) is 5.53. The van der Waals surface area contributed by atoms with Crippen molar-refractivity contribution in [3.05, 3.63) is 54.1 Å². The molecule has 1 heterocycles. The molecule has 0 aromatic heterocycles. The minimum absolute atomic E-state index is 0.210. The van der Waals surface area contributed by atoms with E-state index in [0.717, 1.165) is 5.56 Å². The molecule has 10 nitrogen and oxygen atoms in total. The first-order valence-corrected chi connectivity index (χ1v) is 13.4. The van der Waals surface area contributed by atoms with Crippen molar-refractivity contribution in [1.82, 2.24) is 0 Å². The molecule has 0 amide bonds. The molecular formula is C29H42O10. The third kappa shape index (κ3) is 13.5. The average Bonchev–Trinajstić information content (AvgIpc) is 2.96. The van der Waals surface area contributed by atoms with Crippen LogP contribution in [-0.2, 0) is 39.8 Å². The summed E-state index contributed by atoms with van der Waals surface area (Å²) in [5, 5.41) is 0. The van der Waals surface area contributed by atoms with Crippen molar-refractivity contribution >= 4 is 0 Å². The van der Waals surface area contributed by atoms with E-state index in [1.165, 1.54) is 0 Å². The van der Waals surface area contributed by atoms with Crippen LogP contribution >= 0.6 is 0 Å². The molecule has 0 N–H and O–H groups in total. The monoisotopic (exact) mass is 550 g/mol. The Kier molecular flexibility index (Phi) is 16.3. The molecule has 1 aliphatic heterocycles. The Balaban J connectivity index is 1.41. The van der Waals surface area contributed by atoms with Crippen molar-refractivity contribution in [2.45, 2.75) is 12.7 Å². The van der Waals surface area contributed by atoms with Crippen LogP contribution in [0.2, 0.25) is 0 Å². The predicted octanol–water partition coefficient (Wildman–Crippen LogP) is 3.15. The van der Waals surface area contributed by atoms with Gasteiger partial charge in [0.25, 0.3) is 0 Å². The van der Waals surface area contributed by atoms with Crippen LogP contribution in [0.3, 0.4) is 0 Å². The van der Waals surface area contributed by atoms with Crippen molar-refractivity contribution in [3.63, 3.8) is 0 Å². The van der Waals surface area contributed by atoms with Gasteiger partial charge in [0.1, 0.15) is 19.3 Å². The van der Waals surface area contributed by atoms with Crippen LogP contribution in [0.4, 0.5) is 0 Å². The Morgan fingerprint density at radius 1 is 0.615 bits per heavy atom. The normalized spacial score (nSPS) is 20.0. The van der Waals surface area contributed by atoms with Gasteiger partial charge < -0.3 is 47.4 Å². The minimum atomic E-state index is -0.210. The molecule has 2 aromatic rings. The summed E-state index contributed by atoms with van der Waals surface area (Å²) in [6, 6.07) is 15.6. The van der Waals surface area contributed by atoms with E-state index in [0.29, 0.717) is 116 Å². The Morgan fingerprint density at radius 2 is 1.15 bits per heavy atom. The molecule has 2 aromatic carbocycles. The zero-order valence-corrected chi connectivity index (χ0v) is 22.9. The van der Waals surface area contributed by atoms with Gasteiger partial charge in [-0.1, -0.05) is 36.4 Å². The summed E-state index contributed by atoms with van der Waals surface area (Å²) in [6.45, 7) is 6.56. The van der Waals surface area contributed by atoms with Gasteiger partial charge >= 0.3 is 0 Å². The highest BCUT2D eigenvalue weighted by Crippen LogP contribution is 2.36. The van der Waals surface area contributed by atoms with Crippen molar-refractivity contribution in [1.29, 1.82) is 0 Å². The van der Waals surface area contributed by atoms with Crippen molar-refractivity contribution < 1.29 is 47.4 Å². The highest BCUT2D eigenvalue weighted by atomic mass is 16.6. The lowest BCUT2D eigenvalue weighted by Crippen LogP contribution is -2.28. The first kappa shape index (κ1) is 31.1. The number of hydrogen-bond donors (Lipinski definition) is 0. The molecule has 2 bridgehead atoms. The molecule has 1 atom stereocenters. The average molecular weight is 551 g/mol. The number of benzene rings is 2. The van der Waals surface area contributed by atoms with E-state index in [1.807, 2.05) is 48.5 Å². The summed E-state index contributed by atoms with van der Waals surface area (Å²) in [5.41, 5.74) is 1.11. The molecule has 39 heavy (non-hydrogen) atoms. The predicted molar refractivity (Wildman–Crippen MR) is 144 cm³/mol. The zero-order valence-electron chi connectivity index (χ0n) is 22.9. The van der Waals surface area contributed by atoms with E-state index < -0.39 is 0 Å². The molecule has 3 rings (SSSR count). The maximum Gasteiger partial charge on any atom is 0.203 e.